The number of aliphatic hydroxyl groups excluding tert-OH is 1. The maximum absolute atomic E-state index is 12.5. The number of hydrogen-bond donors (Lipinski definition) is 1. The van der Waals surface area contributed by atoms with Gasteiger partial charge in [0.05, 0.1) is 11.6 Å². The summed E-state index contributed by atoms with van der Waals surface area (Å²) in [4.78, 5) is 14.3. The third-order valence-electron chi connectivity index (χ3n) is 3.02. The number of nitrogens with zero attached hydrogens (tertiary/aromatic N) is 1. The molecule has 0 atom stereocenters. The third-order valence-corrected chi connectivity index (χ3v) is 3.34. The summed E-state index contributed by atoms with van der Waals surface area (Å²) >= 11 is 6.18. The maximum atomic E-state index is 12.5. The minimum Gasteiger partial charge on any atom is -0.395 e. The Bertz CT molecular complexity index is 543. The molecule has 4 heteroatoms. The number of aliphatic hydroxyl groups is 1. The molecule has 0 aliphatic carbocycles. The normalized spacial score (nSPS) is 10.2. The van der Waals surface area contributed by atoms with E-state index in [-0.39, 0.29) is 18.6 Å². The molecule has 0 saturated heterocycles. The second-order valence-electron chi connectivity index (χ2n) is 5.06. The minimum atomic E-state index is -0.0105. The molecule has 0 heterocycles. The van der Waals surface area contributed by atoms with Gasteiger partial charge in [-0.05, 0) is 38.5 Å². The van der Waals surface area contributed by atoms with Crippen molar-refractivity contribution in [2.45, 2.75) is 39.7 Å². The quantitative estimate of drug-likeness (QED) is 0.848. The first kappa shape index (κ1) is 17.6. The van der Waals surface area contributed by atoms with Gasteiger partial charge in [-0.25, -0.2) is 0 Å². The molecule has 0 unspecified atom stereocenters. The van der Waals surface area contributed by atoms with Crippen LogP contribution in [0.15, 0.2) is 18.2 Å². The molecule has 0 fully saturated rings. The standard InChI is InChI=1S/C17H22ClNO2/c1-4-10-19(13(2)3)17(21)15-9-8-14(16(18)12-15)7-5-6-11-20/h8-9,12-13,20H,4,6,10-11H2,1-3H3. The van der Waals surface area contributed by atoms with Crippen LogP contribution in [0.25, 0.3) is 0 Å². The van der Waals surface area contributed by atoms with Crippen molar-refractivity contribution in [2.24, 2.45) is 0 Å². The van der Waals surface area contributed by atoms with Crippen molar-refractivity contribution in [1.29, 1.82) is 0 Å². The maximum Gasteiger partial charge on any atom is 0.254 e. The fourth-order valence-corrected chi connectivity index (χ4v) is 2.19. The zero-order valence-electron chi connectivity index (χ0n) is 12.8. The van der Waals surface area contributed by atoms with Gasteiger partial charge in [-0.1, -0.05) is 30.4 Å². The van der Waals surface area contributed by atoms with Gasteiger partial charge in [-0.15, -0.1) is 0 Å². The Labute approximate surface area is 131 Å². The van der Waals surface area contributed by atoms with Crippen LogP contribution in [0.5, 0.6) is 0 Å². The van der Waals surface area contributed by atoms with E-state index in [1.54, 1.807) is 18.2 Å². The Morgan fingerprint density at radius 3 is 2.67 bits per heavy atom. The molecule has 0 aliphatic heterocycles. The largest absolute Gasteiger partial charge is 0.395 e. The predicted octanol–water partition coefficient (Wildman–Crippen LogP) is 3.33. The van der Waals surface area contributed by atoms with E-state index in [0.717, 1.165) is 13.0 Å². The predicted molar refractivity (Wildman–Crippen MR) is 86.5 cm³/mol. The molecule has 0 saturated carbocycles. The summed E-state index contributed by atoms with van der Waals surface area (Å²) in [6.45, 7) is 6.82. The molecule has 21 heavy (non-hydrogen) atoms. The van der Waals surface area contributed by atoms with Gasteiger partial charge >= 0.3 is 0 Å². The molecule has 0 spiro atoms. The van der Waals surface area contributed by atoms with Gasteiger partial charge in [0.25, 0.3) is 5.91 Å². The zero-order chi connectivity index (χ0) is 15.8. The summed E-state index contributed by atoms with van der Waals surface area (Å²) in [6, 6.07) is 5.32. The van der Waals surface area contributed by atoms with Crippen LogP contribution in [0.4, 0.5) is 0 Å². The molecule has 1 aromatic carbocycles. The van der Waals surface area contributed by atoms with Crippen LogP contribution >= 0.6 is 11.6 Å². The first-order valence-corrected chi connectivity index (χ1v) is 7.59. The Kier molecular flexibility index (Phi) is 7.28. The van der Waals surface area contributed by atoms with Crippen molar-refractivity contribution in [3.8, 4) is 11.8 Å². The Balaban J connectivity index is 2.97. The van der Waals surface area contributed by atoms with Crippen LogP contribution in [0.2, 0.25) is 5.02 Å². The Hall–Kier alpha value is -1.50. The lowest BCUT2D eigenvalue weighted by Gasteiger charge is -2.26. The SMILES string of the molecule is CCCN(C(=O)c1ccc(C#CCCO)c(Cl)c1)C(C)C. The number of hydrogen-bond acceptors (Lipinski definition) is 2. The van der Waals surface area contributed by atoms with Gasteiger partial charge in [0.2, 0.25) is 0 Å². The van der Waals surface area contributed by atoms with Crippen molar-refractivity contribution in [3.63, 3.8) is 0 Å². The topological polar surface area (TPSA) is 40.5 Å². The summed E-state index contributed by atoms with van der Waals surface area (Å²) < 4.78 is 0. The number of carbonyl (C=O) groups is 1. The summed E-state index contributed by atoms with van der Waals surface area (Å²) in [5, 5.41) is 9.17. The van der Waals surface area contributed by atoms with E-state index in [1.165, 1.54) is 0 Å². The van der Waals surface area contributed by atoms with E-state index in [4.69, 9.17) is 16.7 Å². The van der Waals surface area contributed by atoms with Crippen LogP contribution < -0.4 is 0 Å². The monoisotopic (exact) mass is 307 g/mol. The van der Waals surface area contributed by atoms with Crippen LogP contribution in [-0.2, 0) is 0 Å². The van der Waals surface area contributed by atoms with Crippen molar-refractivity contribution < 1.29 is 9.90 Å². The van der Waals surface area contributed by atoms with Gasteiger partial charge in [0, 0.05) is 30.1 Å². The van der Waals surface area contributed by atoms with Crippen LogP contribution in [0, 0.1) is 11.8 Å². The van der Waals surface area contributed by atoms with Gasteiger partial charge in [0.15, 0.2) is 0 Å². The van der Waals surface area contributed by atoms with Crippen molar-refractivity contribution in [2.75, 3.05) is 13.2 Å². The molecular formula is C17H22ClNO2. The molecular weight excluding hydrogens is 286 g/mol. The van der Waals surface area contributed by atoms with Crippen molar-refractivity contribution in [3.05, 3.63) is 34.3 Å². The second-order valence-corrected chi connectivity index (χ2v) is 5.47. The second kappa shape index (κ2) is 8.71. The lowest BCUT2D eigenvalue weighted by atomic mass is 10.1. The molecule has 1 aromatic rings. The average Bonchev–Trinajstić information content (AvgIpc) is 2.45. The lowest BCUT2D eigenvalue weighted by molar-refractivity contribution is 0.0706. The Morgan fingerprint density at radius 1 is 1.43 bits per heavy atom. The summed E-state index contributed by atoms with van der Waals surface area (Å²) in [5.41, 5.74) is 1.25. The molecule has 0 aromatic heterocycles. The number of benzene rings is 1. The summed E-state index contributed by atoms with van der Waals surface area (Å²) in [5.74, 6) is 5.70. The van der Waals surface area contributed by atoms with Gasteiger partial charge in [0.1, 0.15) is 0 Å². The van der Waals surface area contributed by atoms with E-state index in [2.05, 4.69) is 18.8 Å². The molecule has 1 amide bonds. The van der Waals surface area contributed by atoms with E-state index >= 15 is 0 Å². The highest BCUT2D eigenvalue weighted by molar-refractivity contribution is 6.32. The van der Waals surface area contributed by atoms with Gasteiger partial charge in [-0.2, -0.15) is 0 Å². The summed E-state index contributed by atoms with van der Waals surface area (Å²) in [7, 11) is 0. The molecule has 1 rings (SSSR count). The molecule has 1 N–H and O–H groups in total. The fraction of sp³-hybridized carbons (Fsp3) is 0.471. The fourth-order valence-electron chi connectivity index (χ4n) is 1.96. The highest BCUT2D eigenvalue weighted by atomic mass is 35.5. The van der Waals surface area contributed by atoms with Gasteiger partial charge in [-0.3, -0.25) is 4.79 Å². The van der Waals surface area contributed by atoms with E-state index in [1.807, 2.05) is 18.7 Å². The van der Waals surface area contributed by atoms with E-state index in [9.17, 15) is 4.79 Å². The number of halogens is 1. The smallest absolute Gasteiger partial charge is 0.254 e. The third kappa shape index (κ3) is 5.08. The summed E-state index contributed by atoms with van der Waals surface area (Å²) in [6.07, 6.45) is 1.33. The van der Waals surface area contributed by atoms with Crippen LogP contribution in [0.1, 0.15) is 49.5 Å². The molecule has 0 aliphatic rings. The minimum absolute atomic E-state index is 0.0105. The van der Waals surface area contributed by atoms with Crippen molar-refractivity contribution in [1.82, 2.24) is 4.90 Å². The van der Waals surface area contributed by atoms with Crippen molar-refractivity contribution >= 4 is 17.5 Å². The molecule has 0 radical (unpaired) electrons. The number of carbonyl (C=O) groups excluding carboxylic acids is 1. The molecule has 3 nitrogen and oxygen atoms in total. The number of amides is 1. The molecule has 0 bridgehead atoms. The first-order valence-electron chi connectivity index (χ1n) is 7.21. The lowest BCUT2D eigenvalue weighted by Crippen LogP contribution is -2.37. The highest BCUT2D eigenvalue weighted by Crippen LogP contribution is 2.19. The highest BCUT2D eigenvalue weighted by Gasteiger charge is 2.18. The van der Waals surface area contributed by atoms with Crippen LogP contribution in [-0.4, -0.2) is 35.1 Å². The number of rotatable bonds is 5. The van der Waals surface area contributed by atoms with Gasteiger partial charge < -0.3 is 10.0 Å². The van der Waals surface area contributed by atoms with E-state index < -0.39 is 0 Å². The zero-order valence-corrected chi connectivity index (χ0v) is 13.6. The van der Waals surface area contributed by atoms with Crippen LogP contribution in [0.3, 0.4) is 0 Å². The molecule has 114 valence electrons. The van der Waals surface area contributed by atoms with E-state index in [0.29, 0.717) is 22.6 Å². The average molecular weight is 308 g/mol. The first-order chi connectivity index (χ1) is 10.0. The Morgan fingerprint density at radius 2 is 2.14 bits per heavy atom.